The number of hydrogen-bond donors (Lipinski definition) is 0. The van der Waals surface area contributed by atoms with Crippen molar-refractivity contribution in [3.63, 3.8) is 0 Å². The van der Waals surface area contributed by atoms with Gasteiger partial charge in [-0.2, -0.15) is 0 Å². The van der Waals surface area contributed by atoms with Gasteiger partial charge in [0.05, 0.1) is 12.7 Å². The van der Waals surface area contributed by atoms with E-state index in [1.165, 1.54) is 4.88 Å². The van der Waals surface area contributed by atoms with E-state index >= 15 is 0 Å². The third-order valence-corrected chi connectivity index (χ3v) is 4.49. The molecule has 0 radical (unpaired) electrons. The number of nitrogens with zero attached hydrogens (tertiary/aromatic N) is 2. The van der Waals surface area contributed by atoms with Crippen molar-refractivity contribution in [2.75, 3.05) is 40.3 Å². The van der Waals surface area contributed by atoms with Crippen LogP contribution < -0.4 is 0 Å². The summed E-state index contributed by atoms with van der Waals surface area (Å²) in [6, 6.07) is 4.13. The van der Waals surface area contributed by atoms with Gasteiger partial charge in [0.1, 0.15) is 0 Å². The normalized spacial score (nSPS) is 19.6. The Labute approximate surface area is 125 Å². The summed E-state index contributed by atoms with van der Waals surface area (Å²) in [5.41, 5.74) is 0. The Morgan fingerprint density at radius 3 is 3.10 bits per heavy atom. The van der Waals surface area contributed by atoms with E-state index in [1.807, 2.05) is 11.0 Å². The van der Waals surface area contributed by atoms with E-state index in [1.54, 1.807) is 11.3 Å². The molecule has 1 fully saturated rings. The molecule has 1 amide bonds. The molecule has 0 saturated carbocycles. The minimum Gasteiger partial charge on any atom is -0.374 e. The average Bonchev–Trinajstić information content (AvgIpc) is 2.96. The zero-order valence-electron chi connectivity index (χ0n) is 12.4. The molecular formula is C15H24N2O2S. The SMILES string of the molecule is CN(C)CC[C@@H]1CN(C(=O)CCc2cccs2)CCO1. The van der Waals surface area contributed by atoms with Crippen LogP contribution in [-0.4, -0.2) is 62.1 Å². The quantitative estimate of drug-likeness (QED) is 0.803. The van der Waals surface area contributed by atoms with Gasteiger partial charge in [0, 0.05) is 30.9 Å². The second-order valence-electron chi connectivity index (χ2n) is 5.50. The molecule has 2 rings (SSSR count). The van der Waals surface area contributed by atoms with Gasteiger partial charge in [-0.15, -0.1) is 11.3 Å². The average molecular weight is 296 g/mol. The topological polar surface area (TPSA) is 32.8 Å². The van der Waals surface area contributed by atoms with Gasteiger partial charge in [-0.25, -0.2) is 0 Å². The van der Waals surface area contributed by atoms with Gasteiger partial charge in [-0.05, 0) is 38.4 Å². The van der Waals surface area contributed by atoms with Crippen LogP contribution in [0, 0.1) is 0 Å². The number of thiophene rings is 1. The molecule has 0 unspecified atom stereocenters. The Bertz CT molecular complexity index is 406. The molecular weight excluding hydrogens is 272 g/mol. The van der Waals surface area contributed by atoms with E-state index < -0.39 is 0 Å². The zero-order chi connectivity index (χ0) is 14.4. The zero-order valence-corrected chi connectivity index (χ0v) is 13.2. The number of aryl methyl sites for hydroxylation is 1. The van der Waals surface area contributed by atoms with Crippen LogP contribution in [0.4, 0.5) is 0 Å². The number of amides is 1. The molecule has 112 valence electrons. The number of hydrogen-bond acceptors (Lipinski definition) is 4. The van der Waals surface area contributed by atoms with Crippen molar-refractivity contribution < 1.29 is 9.53 Å². The third-order valence-electron chi connectivity index (χ3n) is 3.56. The molecule has 0 N–H and O–H groups in total. The highest BCUT2D eigenvalue weighted by atomic mass is 32.1. The third kappa shape index (κ3) is 4.89. The highest BCUT2D eigenvalue weighted by Gasteiger charge is 2.23. The summed E-state index contributed by atoms with van der Waals surface area (Å²) in [5.74, 6) is 0.261. The largest absolute Gasteiger partial charge is 0.374 e. The van der Waals surface area contributed by atoms with E-state index in [-0.39, 0.29) is 12.0 Å². The van der Waals surface area contributed by atoms with Crippen molar-refractivity contribution >= 4 is 17.2 Å². The van der Waals surface area contributed by atoms with E-state index in [4.69, 9.17) is 4.74 Å². The van der Waals surface area contributed by atoms with Crippen LogP contribution in [0.1, 0.15) is 17.7 Å². The van der Waals surface area contributed by atoms with Crippen molar-refractivity contribution in [2.45, 2.75) is 25.4 Å². The first-order chi connectivity index (χ1) is 9.65. The lowest BCUT2D eigenvalue weighted by Crippen LogP contribution is -2.46. The lowest BCUT2D eigenvalue weighted by Gasteiger charge is -2.33. The molecule has 1 atom stereocenters. The molecule has 2 heterocycles. The summed E-state index contributed by atoms with van der Waals surface area (Å²) in [6.07, 6.45) is 2.65. The summed E-state index contributed by atoms with van der Waals surface area (Å²) in [4.78, 5) is 17.7. The molecule has 0 bridgehead atoms. The molecule has 0 aliphatic carbocycles. The Hall–Kier alpha value is -0.910. The molecule has 1 aliphatic heterocycles. The number of carbonyl (C=O) groups excluding carboxylic acids is 1. The van der Waals surface area contributed by atoms with Gasteiger partial charge in [-0.3, -0.25) is 4.79 Å². The molecule has 1 saturated heterocycles. The molecule has 1 aromatic rings. The predicted molar refractivity (Wildman–Crippen MR) is 82.1 cm³/mol. The van der Waals surface area contributed by atoms with E-state index in [0.29, 0.717) is 13.0 Å². The number of carbonyl (C=O) groups is 1. The van der Waals surface area contributed by atoms with Crippen LogP contribution in [-0.2, 0) is 16.0 Å². The van der Waals surface area contributed by atoms with Gasteiger partial charge < -0.3 is 14.5 Å². The summed E-state index contributed by atoms with van der Waals surface area (Å²) < 4.78 is 5.74. The summed E-state index contributed by atoms with van der Waals surface area (Å²) in [7, 11) is 4.12. The van der Waals surface area contributed by atoms with E-state index in [0.717, 1.165) is 32.5 Å². The van der Waals surface area contributed by atoms with E-state index in [2.05, 4.69) is 30.4 Å². The van der Waals surface area contributed by atoms with Gasteiger partial charge in [0.2, 0.25) is 5.91 Å². The van der Waals surface area contributed by atoms with Gasteiger partial charge in [-0.1, -0.05) is 6.07 Å². The molecule has 0 spiro atoms. The van der Waals surface area contributed by atoms with Crippen LogP contribution in [0.25, 0.3) is 0 Å². The summed E-state index contributed by atoms with van der Waals surface area (Å²) >= 11 is 1.72. The summed E-state index contributed by atoms with van der Waals surface area (Å²) in [5, 5.41) is 2.06. The monoisotopic (exact) mass is 296 g/mol. The Morgan fingerprint density at radius 1 is 1.55 bits per heavy atom. The Kier molecular flexibility index (Phi) is 6.01. The van der Waals surface area contributed by atoms with E-state index in [9.17, 15) is 4.79 Å². The second kappa shape index (κ2) is 7.76. The second-order valence-corrected chi connectivity index (χ2v) is 6.54. The molecule has 1 aromatic heterocycles. The van der Waals surface area contributed by atoms with Crippen LogP contribution in [0.5, 0.6) is 0 Å². The number of morpholine rings is 1. The fourth-order valence-electron chi connectivity index (χ4n) is 2.37. The van der Waals surface area contributed by atoms with Crippen LogP contribution in [0.3, 0.4) is 0 Å². The van der Waals surface area contributed by atoms with Crippen molar-refractivity contribution in [1.82, 2.24) is 9.80 Å². The van der Waals surface area contributed by atoms with Gasteiger partial charge >= 0.3 is 0 Å². The van der Waals surface area contributed by atoms with Gasteiger partial charge in [0.15, 0.2) is 0 Å². The van der Waals surface area contributed by atoms with Crippen LogP contribution >= 0.6 is 11.3 Å². The Balaban J connectivity index is 1.74. The molecule has 0 aromatic carbocycles. The maximum atomic E-state index is 12.2. The van der Waals surface area contributed by atoms with Crippen molar-refractivity contribution in [1.29, 1.82) is 0 Å². The highest BCUT2D eigenvalue weighted by molar-refractivity contribution is 7.09. The fourth-order valence-corrected chi connectivity index (χ4v) is 3.07. The maximum absolute atomic E-state index is 12.2. The number of ether oxygens (including phenoxy) is 1. The number of rotatable bonds is 6. The minimum absolute atomic E-state index is 0.192. The van der Waals surface area contributed by atoms with Crippen molar-refractivity contribution in [2.24, 2.45) is 0 Å². The van der Waals surface area contributed by atoms with Gasteiger partial charge in [0.25, 0.3) is 0 Å². The predicted octanol–water partition coefficient (Wildman–Crippen LogP) is 1.86. The maximum Gasteiger partial charge on any atom is 0.223 e. The lowest BCUT2D eigenvalue weighted by molar-refractivity contribution is -0.139. The first-order valence-corrected chi connectivity index (χ1v) is 8.09. The van der Waals surface area contributed by atoms with Crippen molar-refractivity contribution in [3.05, 3.63) is 22.4 Å². The summed E-state index contributed by atoms with van der Waals surface area (Å²) in [6.45, 7) is 3.16. The van der Waals surface area contributed by atoms with Crippen molar-refractivity contribution in [3.8, 4) is 0 Å². The first-order valence-electron chi connectivity index (χ1n) is 7.21. The Morgan fingerprint density at radius 2 is 2.40 bits per heavy atom. The minimum atomic E-state index is 0.192. The van der Waals surface area contributed by atoms with Crippen LogP contribution in [0.2, 0.25) is 0 Å². The lowest BCUT2D eigenvalue weighted by atomic mass is 10.1. The fraction of sp³-hybridized carbons (Fsp3) is 0.667. The first kappa shape index (κ1) is 15.5. The highest BCUT2D eigenvalue weighted by Crippen LogP contribution is 2.14. The standard InChI is InChI=1S/C15H24N2O2S/c1-16(2)8-7-13-12-17(9-10-19-13)15(18)6-5-14-4-3-11-20-14/h3-4,11,13H,5-10,12H2,1-2H3/t13-/m1/s1. The molecule has 5 heteroatoms. The molecule has 1 aliphatic rings. The smallest absolute Gasteiger partial charge is 0.223 e. The molecule has 4 nitrogen and oxygen atoms in total. The van der Waals surface area contributed by atoms with Crippen LogP contribution in [0.15, 0.2) is 17.5 Å². The molecule has 20 heavy (non-hydrogen) atoms.